The van der Waals surface area contributed by atoms with Gasteiger partial charge in [-0.25, -0.2) is 15.8 Å². The van der Waals surface area contributed by atoms with Crippen LogP contribution in [0.25, 0.3) is 0 Å². The first-order valence-electron chi connectivity index (χ1n) is 4.35. The maximum absolute atomic E-state index is 11.9. The van der Waals surface area contributed by atoms with Crippen molar-refractivity contribution in [1.82, 2.24) is 9.97 Å². The largest absolute Gasteiger partial charge is 0.441 e. The Morgan fingerprint density at radius 1 is 1.35 bits per heavy atom. The van der Waals surface area contributed by atoms with Crippen molar-refractivity contribution in [1.29, 1.82) is 0 Å². The second-order valence-corrected chi connectivity index (χ2v) is 4.70. The first kappa shape index (κ1) is 14.3. The summed E-state index contributed by atoms with van der Waals surface area (Å²) < 4.78 is 36.0. The van der Waals surface area contributed by atoms with Crippen molar-refractivity contribution in [2.75, 3.05) is 23.0 Å². The number of anilines is 2. The van der Waals surface area contributed by atoms with Crippen LogP contribution in [0.5, 0.6) is 0 Å². The maximum Gasteiger partial charge on any atom is 0.441 e. The van der Waals surface area contributed by atoms with Crippen LogP contribution in [0, 0.1) is 0 Å². The molecule has 0 spiro atoms. The summed E-state index contributed by atoms with van der Waals surface area (Å²) in [5.41, 5.74) is -1.89. The van der Waals surface area contributed by atoms with E-state index in [0.29, 0.717) is 16.1 Å². The van der Waals surface area contributed by atoms with E-state index >= 15 is 0 Å². The Bertz CT molecular complexity index is 375. The van der Waals surface area contributed by atoms with Crippen molar-refractivity contribution < 1.29 is 13.2 Å². The molecule has 0 fully saturated rings. The molecule has 0 bridgehead atoms. The van der Waals surface area contributed by atoms with Crippen LogP contribution in [-0.4, -0.2) is 27.8 Å². The molecule has 1 aromatic rings. The highest BCUT2D eigenvalue weighted by Crippen LogP contribution is 2.30. The molecule has 0 unspecified atom stereocenters. The second-order valence-electron chi connectivity index (χ2n) is 2.75. The minimum absolute atomic E-state index is 0.0929. The highest BCUT2D eigenvalue weighted by atomic mass is 79.9. The van der Waals surface area contributed by atoms with Crippen molar-refractivity contribution in [3.63, 3.8) is 0 Å². The van der Waals surface area contributed by atoms with E-state index in [1.165, 1.54) is 6.33 Å². The first-order chi connectivity index (χ1) is 7.94. The number of rotatable bonds is 5. The number of nitrogens with one attached hydrogen (secondary N) is 2. The molecule has 10 heteroatoms. The molecule has 1 heterocycles. The van der Waals surface area contributed by atoms with Crippen LogP contribution in [-0.2, 0) is 0 Å². The fraction of sp³-hybridized carbons (Fsp3) is 0.429. The second kappa shape index (κ2) is 6.26. The number of hydrazine groups is 1. The van der Waals surface area contributed by atoms with Gasteiger partial charge in [0.25, 0.3) is 0 Å². The van der Waals surface area contributed by atoms with Crippen molar-refractivity contribution in [3.8, 4) is 0 Å². The summed E-state index contributed by atoms with van der Waals surface area (Å²) in [6.45, 7) is 0.129. The molecule has 0 aliphatic heterocycles. The van der Waals surface area contributed by atoms with Crippen LogP contribution < -0.4 is 16.6 Å². The first-order valence-corrected chi connectivity index (χ1v) is 6.13. The summed E-state index contributed by atoms with van der Waals surface area (Å²) in [5, 5.41) is 2.75. The Hall–Kier alpha value is -0.740. The fourth-order valence-corrected chi connectivity index (χ4v) is 1.82. The minimum atomic E-state index is -4.21. The third-order valence-corrected chi connectivity index (χ3v) is 3.07. The Balaban J connectivity index is 2.47. The molecule has 96 valence electrons. The van der Waals surface area contributed by atoms with E-state index in [1.54, 1.807) is 0 Å². The molecule has 0 amide bonds. The van der Waals surface area contributed by atoms with Gasteiger partial charge in [0.05, 0.1) is 0 Å². The summed E-state index contributed by atoms with van der Waals surface area (Å²) >= 11 is 3.08. The lowest BCUT2D eigenvalue weighted by atomic mass is 10.5. The van der Waals surface area contributed by atoms with E-state index < -0.39 is 5.51 Å². The zero-order valence-electron chi connectivity index (χ0n) is 8.38. The molecule has 0 aliphatic rings. The van der Waals surface area contributed by atoms with Gasteiger partial charge in [-0.2, -0.15) is 13.2 Å². The molecular formula is C7H9BrF3N5S. The summed E-state index contributed by atoms with van der Waals surface area (Å²) in [6.07, 6.45) is 1.25. The molecule has 0 aliphatic carbocycles. The predicted octanol–water partition coefficient (Wildman–Crippen LogP) is 2.19. The zero-order chi connectivity index (χ0) is 12.9. The average Bonchev–Trinajstić information content (AvgIpc) is 2.25. The fourth-order valence-electron chi connectivity index (χ4n) is 0.930. The van der Waals surface area contributed by atoms with Crippen molar-refractivity contribution >= 4 is 39.3 Å². The van der Waals surface area contributed by atoms with Crippen LogP contribution in [0.15, 0.2) is 10.8 Å². The van der Waals surface area contributed by atoms with Gasteiger partial charge in [-0.3, -0.25) is 0 Å². The van der Waals surface area contributed by atoms with Crippen molar-refractivity contribution in [2.45, 2.75) is 5.51 Å². The Labute approximate surface area is 108 Å². The number of thioether (sulfide) groups is 1. The molecule has 5 nitrogen and oxygen atoms in total. The van der Waals surface area contributed by atoms with Gasteiger partial charge in [0.15, 0.2) is 5.82 Å². The molecule has 1 aromatic heterocycles. The molecule has 0 atom stereocenters. The zero-order valence-corrected chi connectivity index (χ0v) is 10.8. The van der Waals surface area contributed by atoms with Crippen LogP contribution in [0.4, 0.5) is 24.8 Å². The van der Waals surface area contributed by atoms with Crippen LogP contribution in [0.1, 0.15) is 0 Å². The van der Waals surface area contributed by atoms with Crippen molar-refractivity contribution in [3.05, 3.63) is 10.8 Å². The Morgan fingerprint density at radius 2 is 2.00 bits per heavy atom. The van der Waals surface area contributed by atoms with E-state index in [4.69, 9.17) is 5.84 Å². The van der Waals surface area contributed by atoms with Crippen molar-refractivity contribution in [2.24, 2.45) is 5.84 Å². The van der Waals surface area contributed by atoms with Gasteiger partial charge < -0.3 is 10.7 Å². The highest BCUT2D eigenvalue weighted by Gasteiger charge is 2.27. The number of nitrogen functional groups attached to an aromatic ring is 1. The SMILES string of the molecule is NNc1ncnc(NCCSC(F)(F)F)c1Br. The molecule has 0 saturated carbocycles. The normalized spacial score (nSPS) is 11.4. The summed E-state index contributed by atoms with van der Waals surface area (Å²) in [7, 11) is 0. The number of hydrogen-bond acceptors (Lipinski definition) is 6. The molecule has 1 rings (SSSR count). The molecule has 0 saturated heterocycles. The predicted molar refractivity (Wildman–Crippen MR) is 64.5 cm³/mol. The van der Waals surface area contributed by atoms with E-state index in [2.05, 4.69) is 36.6 Å². The molecular weight excluding hydrogens is 323 g/mol. The lowest BCUT2D eigenvalue weighted by Gasteiger charge is -2.10. The van der Waals surface area contributed by atoms with Gasteiger partial charge in [-0.05, 0) is 27.7 Å². The summed E-state index contributed by atoms with van der Waals surface area (Å²) in [5.74, 6) is 5.81. The van der Waals surface area contributed by atoms with Crippen LogP contribution in [0.3, 0.4) is 0 Å². The van der Waals surface area contributed by atoms with E-state index in [0.717, 1.165) is 0 Å². The van der Waals surface area contributed by atoms with Gasteiger partial charge in [0.1, 0.15) is 16.6 Å². The average molecular weight is 332 g/mol. The molecule has 0 radical (unpaired) electrons. The standard InChI is InChI=1S/C7H9BrF3N5S/c8-4-5(14-3-15-6(4)16-12)13-1-2-17-7(9,10)11/h3H,1-2,12H2,(H2,13,14,15,16). The number of halogens is 4. The molecule has 0 aromatic carbocycles. The van der Waals surface area contributed by atoms with Gasteiger partial charge in [-0.15, -0.1) is 0 Å². The van der Waals surface area contributed by atoms with Crippen LogP contribution >= 0.6 is 27.7 Å². The third kappa shape index (κ3) is 4.96. The van der Waals surface area contributed by atoms with E-state index in [1.807, 2.05) is 0 Å². The smallest absolute Gasteiger partial charge is 0.368 e. The number of alkyl halides is 3. The topological polar surface area (TPSA) is 75.9 Å². The lowest BCUT2D eigenvalue weighted by Crippen LogP contribution is -2.13. The number of aromatic nitrogens is 2. The molecule has 4 N–H and O–H groups in total. The number of nitrogens with zero attached hydrogens (tertiary/aromatic N) is 2. The van der Waals surface area contributed by atoms with Gasteiger partial charge in [0.2, 0.25) is 0 Å². The maximum atomic E-state index is 11.9. The van der Waals surface area contributed by atoms with Crippen LogP contribution in [0.2, 0.25) is 0 Å². The van der Waals surface area contributed by atoms with Gasteiger partial charge in [0, 0.05) is 12.3 Å². The third-order valence-electron chi connectivity index (χ3n) is 1.59. The number of nitrogens with two attached hydrogens (primary N) is 1. The Morgan fingerprint density at radius 3 is 2.59 bits per heavy atom. The number of hydrogen-bond donors (Lipinski definition) is 3. The van der Waals surface area contributed by atoms with E-state index in [-0.39, 0.29) is 24.1 Å². The van der Waals surface area contributed by atoms with E-state index in [9.17, 15) is 13.2 Å². The lowest BCUT2D eigenvalue weighted by molar-refractivity contribution is -0.0327. The molecule has 17 heavy (non-hydrogen) atoms. The minimum Gasteiger partial charge on any atom is -0.368 e. The van der Waals surface area contributed by atoms with Gasteiger partial charge in [-0.1, -0.05) is 0 Å². The highest BCUT2D eigenvalue weighted by molar-refractivity contribution is 9.10. The quantitative estimate of drug-likeness (QED) is 0.436. The summed E-state index contributed by atoms with van der Waals surface area (Å²) in [4.78, 5) is 7.67. The summed E-state index contributed by atoms with van der Waals surface area (Å²) in [6, 6.07) is 0. The Kier molecular flexibility index (Phi) is 5.28. The van der Waals surface area contributed by atoms with Gasteiger partial charge >= 0.3 is 5.51 Å². The monoisotopic (exact) mass is 331 g/mol.